The molecule has 0 fully saturated rings. The Balaban J connectivity index is 2.11. The van der Waals surface area contributed by atoms with Gasteiger partial charge in [0.1, 0.15) is 6.10 Å². The lowest BCUT2D eigenvalue weighted by Crippen LogP contribution is -2.43. The van der Waals surface area contributed by atoms with E-state index in [1.54, 1.807) is 60.7 Å². The van der Waals surface area contributed by atoms with Crippen LogP contribution in [0.4, 0.5) is 0 Å². The highest BCUT2D eigenvalue weighted by molar-refractivity contribution is 6.02. The fourth-order valence-electron chi connectivity index (χ4n) is 2.15. The lowest BCUT2D eigenvalue weighted by molar-refractivity contribution is -0.167. The van der Waals surface area contributed by atoms with Gasteiger partial charge < -0.3 is 9.84 Å². The van der Waals surface area contributed by atoms with E-state index >= 15 is 0 Å². The molecule has 2 aromatic rings. The van der Waals surface area contributed by atoms with Gasteiger partial charge in [-0.15, -0.1) is 0 Å². The molecule has 22 heavy (non-hydrogen) atoms. The van der Waals surface area contributed by atoms with E-state index in [0.29, 0.717) is 11.1 Å². The number of rotatable bonds is 6. The average Bonchev–Trinajstić information content (AvgIpc) is 2.54. The van der Waals surface area contributed by atoms with Gasteiger partial charge in [0.15, 0.2) is 5.78 Å². The highest BCUT2D eigenvalue weighted by atomic mass is 16.6. The van der Waals surface area contributed by atoms with Crippen LogP contribution in [0.25, 0.3) is 0 Å². The van der Waals surface area contributed by atoms with Crippen molar-refractivity contribution in [1.29, 1.82) is 0 Å². The highest BCUT2D eigenvalue weighted by Crippen LogP contribution is 2.18. The Kier molecular flexibility index (Phi) is 4.85. The van der Waals surface area contributed by atoms with Gasteiger partial charge in [-0.25, -0.2) is 0 Å². The number of hydrogen-bond acceptors (Lipinski definition) is 4. The summed E-state index contributed by atoms with van der Waals surface area (Å²) in [5.41, 5.74) is 0.796. The first-order chi connectivity index (χ1) is 10.4. The zero-order valence-corrected chi connectivity index (χ0v) is 12.5. The van der Waals surface area contributed by atoms with Gasteiger partial charge in [-0.2, -0.15) is 0 Å². The Morgan fingerprint density at radius 2 is 1.41 bits per heavy atom. The topological polar surface area (TPSA) is 63.6 Å². The largest absolute Gasteiger partial charge is 0.359 e. The minimum Gasteiger partial charge on any atom is -0.359 e. The molecule has 0 aromatic heterocycles. The minimum absolute atomic E-state index is 0.290. The maximum atomic E-state index is 12.3. The van der Waals surface area contributed by atoms with Crippen molar-refractivity contribution in [2.24, 2.45) is 0 Å². The monoisotopic (exact) mass is 298 g/mol. The molecule has 1 N–H and O–H groups in total. The van der Waals surface area contributed by atoms with Gasteiger partial charge in [0.2, 0.25) is 11.6 Å². The number of hydrogen-bond donors (Lipinski definition) is 1. The molecule has 0 radical (unpaired) electrons. The van der Waals surface area contributed by atoms with Gasteiger partial charge >= 0.3 is 0 Å². The summed E-state index contributed by atoms with van der Waals surface area (Å²) in [6.07, 6.45) is -0.940. The van der Waals surface area contributed by atoms with E-state index in [0.717, 1.165) is 0 Å². The maximum absolute atomic E-state index is 12.3. The van der Waals surface area contributed by atoms with Gasteiger partial charge in [-0.1, -0.05) is 60.7 Å². The molecule has 0 saturated heterocycles. The van der Waals surface area contributed by atoms with Crippen LogP contribution in [0.2, 0.25) is 0 Å². The standard InChI is InChI=1S/C18H18O4/c1-13(16(19)14-9-5-3-6-10-14)22-18(2,21)17(20)15-11-7-4-8-12-15/h3-13,21H,1-2H3. The summed E-state index contributed by atoms with van der Waals surface area (Å²) in [7, 11) is 0. The van der Waals surface area contributed by atoms with Gasteiger partial charge in [0.25, 0.3) is 0 Å². The molecule has 2 aromatic carbocycles. The number of benzene rings is 2. The summed E-state index contributed by atoms with van der Waals surface area (Å²) in [4.78, 5) is 24.5. The summed E-state index contributed by atoms with van der Waals surface area (Å²) in [6, 6.07) is 17.0. The Morgan fingerprint density at radius 1 is 0.955 bits per heavy atom. The predicted octanol–water partition coefficient (Wildman–Crippen LogP) is 2.87. The summed E-state index contributed by atoms with van der Waals surface area (Å²) < 4.78 is 5.33. The van der Waals surface area contributed by atoms with Crippen LogP contribution in [-0.4, -0.2) is 28.6 Å². The van der Waals surface area contributed by atoms with Crippen molar-refractivity contribution in [2.45, 2.75) is 25.7 Å². The van der Waals surface area contributed by atoms with Crippen LogP contribution in [0.3, 0.4) is 0 Å². The second-order valence-electron chi connectivity index (χ2n) is 5.17. The Labute approximate surface area is 129 Å². The van der Waals surface area contributed by atoms with E-state index in [4.69, 9.17) is 4.74 Å². The Hall–Kier alpha value is -2.30. The Morgan fingerprint density at radius 3 is 1.91 bits per heavy atom. The number of carbonyl (C=O) groups is 2. The summed E-state index contributed by atoms with van der Waals surface area (Å²) in [6.45, 7) is 2.76. The molecule has 4 heteroatoms. The van der Waals surface area contributed by atoms with Crippen LogP contribution in [-0.2, 0) is 4.74 Å². The first-order valence-electron chi connectivity index (χ1n) is 7.01. The lowest BCUT2D eigenvalue weighted by atomic mass is 10.0. The number of ether oxygens (including phenoxy) is 1. The molecule has 0 aliphatic heterocycles. The third-order valence-corrected chi connectivity index (χ3v) is 3.29. The third kappa shape index (κ3) is 3.67. The van der Waals surface area contributed by atoms with Crippen LogP contribution in [0, 0.1) is 0 Å². The van der Waals surface area contributed by atoms with Crippen LogP contribution < -0.4 is 0 Å². The van der Waals surface area contributed by atoms with Crippen molar-refractivity contribution in [3.63, 3.8) is 0 Å². The quantitative estimate of drug-likeness (QED) is 0.658. The fraction of sp³-hybridized carbons (Fsp3) is 0.222. The molecule has 2 atom stereocenters. The molecule has 0 heterocycles. The smallest absolute Gasteiger partial charge is 0.228 e. The van der Waals surface area contributed by atoms with E-state index in [-0.39, 0.29) is 5.78 Å². The van der Waals surface area contributed by atoms with Crippen molar-refractivity contribution in [2.75, 3.05) is 0 Å². The van der Waals surface area contributed by atoms with Crippen LogP contribution in [0.5, 0.6) is 0 Å². The van der Waals surface area contributed by atoms with Gasteiger partial charge in [0, 0.05) is 11.1 Å². The van der Waals surface area contributed by atoms with E-state index < -0.39 is 17.7 Å². The van der Waals surface area contributed by atoms with Crippen molar-refractivity contribution in [3.8, 4) is 0 Å². The van der Waals surface area contributed by atoms with Gasteiger partial charge in [-0.05, 0) is 13.8 Å². The molecule has 0 amide bonds. The first kappa shape index (κ1) is 16.1. The SMILES string of the molecule is CC(OC(C)(O)C(=O)c1ccccc1)C(=O)c1ccccc1. The van der Waals surface area contributed by atoms with E-state index in [9.17, 15) is 14.7 Å². The molecule has 0 bridgehead atoms. The number of aliphatic hydroxyl groups is 1. The van der Waals surface area contributed by atoms with Gasteiger partial charge in [-0.3, -0.25) is 9.59 Å². The zero-order valence-electron chi connectivity index (χ0n) is 12.5. The fourth-order valence-corrected chi connectivity index (χ4v) is 2.15. The van der Waals surface area contributed by atoms with Crippen molar-refractivity contribution in [3.05, 3.63) is 71.8 Å². The molecule has 2 rings (SSSR count). The molecule has 0 aliphatic rings. The number of ketones is 2. The van der Waals surface area contributed by atoms with Crippen LogP contribution in [0.15, 0.2) is 60.7 Å². The zero-order chi connectivity index (χ0) is 16.2. The number of carbonyl (C=O) groups excluding carboxylic acids is 2. The molecule has 0 spiro atoms. The van der Waals surface area contributed by atoms with Crippen molar-refractivity contribution in [1.82, 2.24) is 0 Å². The molecular formula is C18H18O4. The molecule has 4 nitrogen and oxygen atoms in total. The maximum Gasteiger partial charge on any atom is 0.228 e. The molecular weight excluding hydrogens is 280 g/mol. The van der Waals surface area contributed by atoms with Crippen LogP contribution >= 0.6 is 0 Å². The average molecular weight is 298 g/mol. The van der Waals surface area contributed by atoms with Crippen molar-refractivity contribution >= 4 is 11.6 Å². The third-order valence-electron chi connectivity index (χ3n) is 3.29. The van der Waals surface area contributed by atoms with E-state index in [1.807, 2.05) is 0 Å². The van der Waals surface area contributed by atoms with E-state index in [1.165, 1.54) is 13.8 Å². The van der Waals surface area contributed by atoms with Gasteiger partial charge in [0.05, 0.1) is 0 Å². The highest BCUT2D eigenvalue weighted by Gasteiger charge is 2.35. The summed E-state index contributed by atoms with van der Waals surface area (Å²) in [5.74, 6) is -2.94. The first-order valence-corrected chi connectivity index (χ1v) is 7.01. The second kappa shape index (κ2) is 6.64. The predicted molar refractivity (Wildman–Crippen MR) is 82.7 cm³/mol. The van der Waals surface area contributed by atoms with Crippen molar-refractivity contribution < 1.29 is 19.4 Å². The van der Waals surface area contributed by atoms with E-state index in [2.05, 4.69) is 0 Å². The molecule has 0 aliphatic carbocycles. The van der Waals surface area contributed by atoms with Crippen LogP contribution in [0.1, 0.15) is 34.6 Å². The normalized spacial score (nSPS) is 14.9. The second-order valence-corrected chi connectivity index (χ2v) is 5.17. The lowest BCUT2D eigenvalue weighted by Gasteiger charge is -2.25. The summed E-state index contributed by atoms with van der Waals surface area (Å²) in [5, 5.41) is 10.3. The summed E-state index contributed by atoms with van der Waals surface area (Å²) >= 11 is 0. The molecule has 114 valence electrons. The minimum atomic E-state index is -2.06. The molecule has 0 saturated carbocycles. The Bertz CT molecular complexity index is 647. The molecule has 2 unspecified atom stereocenters. The number of Topliss-reactive ketones (excluding diaryl/α,β-unsaturated/α-hetero) is 2.